The average Bonchev–Trinajstić information content (AvgIpc) is 2.73. The number of hydrogen-bond acceptors (Lipinski definition) is 1. The van der Waals surface area contributed by atoms with Crippen molar-refractivity contribution in [2.45, 2.75) is 51.6 Å². The molecule has 29 heavy (non-hydrogen) atoms. The molecule has 0 saturated heterocycles. The Labute approximate surface area is 178 Å². The fourth-order valence-electron chi connectivity index (χ4n) is 3.73. The Balaban J connectivity index is 1.45. The maximum Gasteiger partial charge on any atom is 0.140 e. The first-order valence-electron chi connectivity index (χ1n) is 10.4. The minimum absolute atomic E-state index is 0.365. The minimum Gasteiger partial charge on any atom is -0.374 e. The van der Waals surface area contributed by atoms with Crippen molar-refractivity contribution in [3.8, 4) is 11.8 Å². The summed E-state index contributed by atoms with van der Waals surface area (Å²) in [7, 11) is 0. The van der Waals surface area contributed by atoms with Gasteiger partial charge in [0.15, 0.2) is 0 Å². The van der Waals surface area contributed by atoms with E-state index < -0.39 is 0 Å². The third kappa shape index (κ3) is 7.03. The van der Waals surface area contributed by atoms with Crippen molar-refractivity contribution in [1.82, 2.24) is 0 Å². The van der Waals surface area contributed by atoms with E-state index in [-0.39, 0.29) is 5.82 Å². The highest BCUT2D eigenvalue weighted by Crippen LogP contribution is 2.29. The zero-order chi connectivity index (χ0) is 20.5. The van der Waals surface area contributed by atoms with Gasteiger partial charge < -0.3 is 4.74 Å². The van der Waals surface area contributed by atoms with Gasteiger partial charge in [-0.05, 0) is 87.3 Å². The highest BCUT2D eigenvalue weighted by molar-refractivity contribution is 6.30. The van der Waals surface area contributed by atoms with E-state index in [1.807, 2.05) is 25.1 Å². The van der Waals surface area contributed by atoms with Gasteiger partial charge in [-0.15, -0.1) is 0 Å². The highest BCUT2D eigenvalue weighted by atomic mass is 35.5. The van der Waals surface area contributed by atoms with E-state index in [9.17, 15) is 4.39 Å². The van der Waals surface area contributed by atoms with Crippen LogP contribution in [0.5, 0.6) is 0 Å². The van der Waals surface area contributed by atoms with Gasteiger partial charge in [0.1, 0.15) is 5.82 Å². The number of allylic oxidation sites excluding steroid dienone is 1. The van der Waals surface area contributed by atoms with E-state index in [4.69, 9.17) is 16.3 Å². The van der Waals surface area contributed by atoms with Gasteiger partial charge in [-0.2, -0.15) is 0 Å². The molecule has 2 aromatic carbocycles. The van der Waals surface area contributed by atoms with E-state index in [1.165, 1.54) is 43.7 Å². The van der Waals surface area contributed by atoms with Crippen LogP contribution in [0.2, 0.25) is 5.02 Å². The lowest BCUT2D eigenvalue weighted by atomic mass is 9.83. The lowest BCUT2D eigenvalue weighted by Crippen LogP contribution is -2.22. The van der Waals surface area contributed by atoms with E-state index in [0.29, 0.717) is 16.7 Å². The van der Waals surface area contributed by atoms with Crippen molar-refractivity contribution < 1.29 is 9.13 Å². The Morgan fingerprint density at radius 3 is 2.52 bits per heavy atom. The van der Waals surface area contributed by atoms with E-state index in [0.717, 1.165) is 24.5 Å². The second kappa shape index (κ2) is 11.2. The lowest BCUT2D eigenvalue weighted by molar-refractivity contribution is 0.0336. The van der Waals surface area contributed by atoms with Crippen LogP contribution in [-0.4, -0.2) is 12.7 Å². The molecule has 3 rings (SSSR count). The fraction of sp³-hybridized carbons (Fsp3) is 0.385. The quantitative estimate of drug-likeness (QED) is 0.369. The number of rotatable bonds is 6. The van der Waals surface area contributed by atoms with Crippen LogP contribution in [0.4, 0.5) is 4.39 Å². The second-order valence-corrected chi connectivity index (χ2v) is 8.09. The second-order valence-electron chi connectivity index (χ2n) is 7.65. The number of aryl methyl sites for hydroxylation is 1. The van der Waals surface area contributed by atoms with Crippen LogP contribution < -0.4 is 0 Å². The smallest absolute Gasteiger partial charge is 0.140 e. The van der Waals surface area contributed by atoms with Crippen LogP contribution in [0, 0.1) is 23.6 Å². The van der Waals surface area contributed by atoms with Gasteiger partial charge >= 0.3 is 0 Å². The Bertz CT molecular complexity index is 868. The standard InChI is InChI=1S/C26H28ClFO/c1-2-3-18-29-25-16-11-22(12-17-25)9-6-20-4-7-21(8-5-20)10-13-23-14-15-24(27)19-26(23)28/h2-5,7-8,14-15,19,22,25H,6,9,11-12,16-18H2,1H3/b3-2+. The molecule has 0 bridgehead atoms. The zero-order valence-corrected chi connectivity index (χ0v) is 17.7. The van der Waals surface area contributed by atoms with Gasteiger partial charge in [-0.3, -0.25) is 0 Å². The van der Waals surface area contributed by atoms with Crippen LogP contribution in [0.25, 0.3) is 0 Å². The van der Waals surface area contributed by atoms with E-state index >= 15 is 0 Å². The van der Waals surface area contributed by atoms with Gasteiger partial charge in [0.05, 0.1) is 18.3 Å². The van der Waals surface area contributed by atoms with Crippen LogP contribution >= 0.6 is 11.6 Å². The van der Waals surface area contributed by atoms with E-state index in [1.54, 1.807) is 12.1 Å². The maximum absolute atomic E-state index is 13.8. The Morgan fingerprint density at radius 1 is 1.07 bits per heavy atom. The van der Waals surface area contributed by atoms with E-state index in [2.05, 4.69) is 30.0 Å². The largest absolute Gasteiger partial charge is 0.374 e. The molecule has 1 aliphatic carbocycles. The van der Waals surface area contributed by atoms with Crippen LogP contribution in [-0.2, 0) is 11.2 Å². The van der Waals surface area contributed by atoms with Gasteiger partial charge in [-0.25, -0.2) is 4.39 Å². The predicted octanol–water partition coefficient (Wildman–Crippen LogP) is 6.96. The molecule has 0 heterocycles. The summed E-state index contributed by atoms with van der Waals surface area (Å²) in [5, 5.41) is 0.382. The maximum atomic E-state index is 13.8. The van der Waals surface area contributed by atoms with Crippen molar-refractivity contribution in [3.05, 3.63) is 82.1 Å². The number of halogens is 2. The molecular weight excluding hydrogens is 383 g/mol. The molecule has 0 radical (unpaired) electrons. The monoisotopic (exact) mass is 410 g/mol. The van der Waals surface area contributed by atoms with Gasteiger partial charge in [0.25, 0.3) is 0 Å². The first kappa shape index (κ1) is 21.6. The van der Waals surface area contributed by atoms with Crippen LogP contribution in [0.15, 0.2) is 54.6 Å². The molecule has 0 aliphatic heterocycles. The summed E-state index contributed by atoms with van der Waals surface area (Å²) in [6, 6.07) is 12.8. The first-order chi connectivity index (χ1) is 14.1. The number of hydrogen-bond donors (Lipinski definition) is 0. The molecule has 1 aliphatic rings. The molecular formula is C26H28ClFO. The third-order valence-corrected chi connectivity index (χ3v) is 5.76. The average molecular weight is 411 g/mol. The topological polar surface area (TPSA) is 9.23 Å². The zero-order valence-electron chi connectivity index (χ0n) is 17.0. The van der Waals surface area contributed by atoms with Gasteiger partial charge in [0, 0.05) is 10.6 Å². The summed E-state index contributed by atoms with van der Waals surface area (Å²) in [5.74, 6) is 6.32. The molecule has 0 unspecified atom stereocenters. The molecule has 0 atom stereocenters. The first-order valence-corrected chi connectivity index (χ1v) is 10.8. The number of ether oxygens (including phenoxy) is 1. The summed E-state index contributed by atoms with van der Waals surface area (Å²) in [5.41, 5.74) is 2.59. The number of benzene rings is 2. The fourth-order valence-corrected chi connectivity index (χ4v) is 3.89. The SMILES string of the molecule is C/C=C/COC1CCC(CCc2ccc(C#Cc3ccc(Cl)cc3F)cc2)CC1. The highest BCUT2D eigenvalue weighted by Gasteiger charge is 2.21. The lowest BCUT2D eigenvalue weighted by Gasteiger charge is -2.28. The van der Waals surface area contributed by atoms with Crippen molar-refractivity contribution in [3.63, 3.8) is 0 Å². The third-order valence-electron chi connectivity index (χ3n) is 5.53. The summed E-state index contributed by atoms with van der Waals surface area (Å²) in [6.45, 7) is 2.77. The predicted molar refractivity (Wildman–Crippen MR) is 119 cm³/mol. The molecule has 1 nitrogen and oxygen atoms in total. The molecule has 0 spiro atoms. The normalized spacial score (nSPS) is 19.1. The van der Waals surface area contributed by atoms with Crippen molar-refractivity contribution >= 4 is 11.6 Å². The van der Waals surface area contributed by atoms with Crippen molar-refractivity contribution in [1.29, 1.82) is 0 Å². The van der Waals surface area contributed by atoms with Crippen molar-refractivity contribution in [2.24, 2.45) is 5.92 Å². The molecule has 0 aromatic heterocycles. The Kier molecular flexibility index (Phi) is 8.35. The summed E-state index contributed by atoms with van der Waals surface area (Å²) in [6.07, 6.45) is 11.7. The summed E-state index contributed by atoms with van der Waals surface area (Å²) >= 11 is 5.77. The van der Waals surface area contributed by atoms with Gasteiger partial charge in [-0.1, -0.05) is 47.7 Å². The Hall–Kier alpha value is -2.08. The molecule has 3 heteroatoms. The molecule has 0 amide bonds. The minimum atomic E-state index is -0.386. The van der Waals surface area contributed by atoms with Gasteiger partial charge in [0.2, 0.25) is 0 Å². The van der Waals surface area contributed by atoms with Crippen LogP contribution in [0.1, 0.15) is 55.7 Å². The molecule has 1 saturated carbocycles. The Morgan fingerprint density at radius 2 is 1.83 bits per heavy atom. The molecule has 2 aromatic rings. The summed E-state index contributed by atoms with van der Waals surface area (Å²) in [4.78, 5) is 0. The molecule has 0 N–H and O–H groups in total. The molecule has 152 valence electrons. The van der Waals surface area contributed by atoms with Crippen LogP contribution in [0.3, 0.4) is 0 Å². The summed E-state index contributed by atoms with van der Waals surface area (Å²) < 4.78 is 19.7. The van der Waals surface area contributed by atoms with Crippen molar-refractivity contribution in [2.75, 3.05) is 6.61 Å². The molecule has 1 fully saturated rings.